The van der Waals surface area contributed by atoms with Gasteiger partial charge in [0.05, 0.1) is 6.61 Å². The normalized spacial score (nSPS) is 15.8. The molecule has 2 aromatic carbocycles. The fourth-order valence-electron chi connectivity index (χ4n) is 4.81. The molecule has 170 valence electrons. The first-order valence-electron chi connectivity index (χ1n) is 12.0. The second kappa shape index (κ2) is 10.2. The van der Waals surface area contributed by atoms with Gasteiger partial charge >= 0.3 is 0 Å². The van der Waals surface area contributed by atoms with Gasteiger partial charge in [0.25, 0.3) is 0 Å². The van der Waals surface area contributed by atoms with Crippen LogP contribution in [0.2, 0.25) is 0 Å². The molecule has 1 fully saturated rings. The molecule has 0 aliphatic carbocycles. The number of hydrogen-bond donors (Lipinski definition) is 1. The van der Waals surface area contributed by atoms with E-state index in [0.29, 0.717) is 13.0 Å². The summed E-state index contributed by atoms with van der Waals surface area (Å²) in [7, 11) is 0. The molecule has 1 saturated heterocycles. The fraction of sp³-hybridized carbons (Fsp3) is 0.444. The van der Waals surface area contributed by atoms with E-state index in [1.807, 2.05) is 24.0 Å². The highest BCUT2D eigenvalue weighted by Crippen LogP contribution is 2.35. The predicted molar refractivity (Wildman–Crippen MR) is 130 cm³/mol. The third-order valence-corrected chi connectivity index (χ3v) is 6.73. The Morgan fingerprint density at radius 2 is 1.78 bits per heavy atom. The molecular weight excluding hydrogens is 398 g/mol. The number of para-hydroxylation sites is 1. The number of nitrogens with zero attached hydrogens (tertiary/aromatic N) is 2. The molecule has 1 N–H and O–H groups in total. The molecule has 1 aliphatic heterocycles. The van der Waals surface area contributed by atoms with Gasteiger partial charge in [-0.2, -0.15) is 0 Å². The van der Waals surface area contributed by atoms with Crippen molar-refractivity contribution in [2.75, 3.05) is 39.3 Å². The Morgan fingerprint density at radius 1 is 1.03 bits per heavy atom. The molecule has 3 aromatic rings. The molecular formula is C27H35N3O2. The zero-order valence-electron chi connectivity index (χ0n) is 19.6. The van der Waals surface area contributed by atoms with Crippen LogP contribution in [0.3, 0.4) is 0 Å². The molecule has 0 spiro atoms. The van der Waals surface area contributed by atoms with Gasteiger partial charge in [0, 0.05) is 55.6 Å². The van der Waals surface area contributed by atoms with Gasteiger partial charge in [-0.05, 0) is 48.7 Å². The number of aromatic nitrogens is 1. The summed E-state index contributed by atoms with van der Waals surface area (Å²) in [6.07, 6.45) is 3.56. The number of likely N-dealkylation sites (N-methyl/N-ethyl adjacent to an activating group) is 1. The van der Waals surface area contributed by atoms with E-state index in [9.17, 15) is 4.79 Å². The average molecular weight is 434 g/mol. The zero-order chi connectivity index (χ0) is 22.5. The molecule has 4 rings (SSSR count). The van der Waals surface area contributed by atoms with Crippen LogP contribution >= 0.6 is 0 Å². The number of carbonyl (C=O) groups is 1. The molecule has 1 amide bonds. The molecule has 0 saturated carbocycles. The number of nitrogens with one attached hydrogen (secondary N) is 1. The average Bonchev–Trinajstić information content (AvgIpc) is 3.27. The summed E-state index contributed by atoms with van der Waals surface area (Å²) in [6.45, 7) is 11.6. The maximum absolute atomic E-state index is 13.4. The molecule has 32 heavy (non-hydrogen) atoms. The molecule has 5 nitrogen and oxygen atoms in total. The molecule has 5 heteroatoms. The Morgan fingerprint density at radius 3 is 2.44 bits per heavy atom. The number of amides is 1. The smallest absolute Gasteiger partial charge is 0.223 e. The number of aromatic amines is 1. The number of piperazine rings is 1. The topological polar surface area (TPSA) is 48.6 Å². The van der Waals surface area contributed by atoms with Crippen LogP contribution in [0.1, 0.15) is 49.8 Å². The van der Waals surface area contributed by atoms with E-state index >= 15 is 0 Å². The molecule has 1 aromatic heterocycles. The van der Waals surface area contributed by atoms with Crippen LogP contribution in [0.15, 0.2) is 48.7 Å². The first-order valence-corrected chi connectivity index (χ1v) is 12.0. The number of aryl methyl sites for hydroxylation is 1. The molecule has 0 unspecified atom stereocenters. The van der Waals surface area contributed by atoms with E-state index in [2.05, 4.69) is 60.3 Å². The number of fused-ring (bicyclic) bond motifs is 1. The van der Waals surface area contributed by atoms with Crippen LogP contribution in [0, 0.1) is 0 Å². The van der Waals surface area contributed by atoms with Crippen LogP contribution in [0.25, 0.3) is 10.9 Å². The molecule has 0 radical (unpaired) electrons. The predicted octanol–water partition coefficient (Wildman–Crippen LogP) is 4.82. The largest absolute Gasteiger partial charge is 0.494 e. The lowest BCUT2D eigenvalue weighted by atomic mass is 9.87. The molecule has 0 bridgehead atoms. The van der Waals surface area contributed by atoms with Crippen LogP contribution in [0.5, 0.6) is 5.75 Å². The van der Waals surface area contributed by atoms with Crippen molar-refractivity contribution in [3.63, 3.8) is 0 Å². The summed E-state index contributed by atoms with van der Waals surface area (Å²) in [4.78, 5) is 21.3. The number of H-pyrrole nitrogens is 1. The standard InChI is InChI=1S/C27H35N3O2/c1-4-20-8-7-9-23-25(19-28-27(20)23)24(21-10-12-22(13-11-21)32-6-3)18-26(31)30-16-14-29(5-2)15-17-30/h7-13,19,24,28H,4-6,14-18H2,1-3H3/t24-/m1/s1. The van der Waals surface area contributed by atoms with Crippen molar-refractivity contribution in [3.8, 4) is 5.75 Å². The third-order valence-electron chi connectivity index (χ3n) is 6.73. The maximum atomic E-state index is 13.4. The number of hydrogen-bond acceptors (Lipinski definition) is 3. The summed E-state index contributed by atoms with van der Waals surface area (Å²) >= 11 is 0. The maximum Gasteiger partial charge on any atom is 0.223 e. The second-order valence-electron chi connectivity index (χ2n) is 8.51. The lowest BCUT2D eigenvalue weighted by molar-refractivity contribution is -0.133. The van der Waals surface area contributed by atoms with Crippen LogP contribution in [0.4, 0.5) is 0 Å². The highest BCUT2D eigenvalue weighted by atomic mass is 16.5. The lowest BCUT2D eigenvalue weighted by Crippen LogP contribution is -2.48. The van der Waals surface area contributed by atoms with Gasteiger partial charge < -0.3 is 19.5 Å². The van der Waals surface area contributed by atoms with Gasteiger partial charge in [0.15, 0.2) is 0 Å². The highest BCUT2D eigenvalue weighted by Gasteiger charge is 2.26. The van der Waals surface area contributed by atoms with E-state index in [4.69, 9.17) is 4.74 Å². The third kappa shape index (κ3) is 4.68. The van der Waals surface area contributed by atoms with Crippen molar-refractivity contribution in [1.82, 2.24) is 14.8 Å². The number of carbonyl (C=O) groups excluding carboxylic acids is 1. The molecule has 2 heterocycles. The van der Waals surface area contributed by atoms with E-state index in [0.717, 1.165) is 50.5 Å². The Hall–Kier alpha value is -2.79. The minimum absolute atomic E-state index is 0.00300. The summed E-state index contributed by atoms with van der Waals surface area (Å²) in [5.41, 5.74) is 4.84. The fourth-order valence-corrected chi connectivity index (χ4v) is 4.81. The second-order valence-corrected chi connectivity index (χ2v) is 8.51. The van der Waals surface area contributed by atoms with Gasteiger partial charge in [-0.1, -0.05) is 44.2 Å². The minimum Gasteiger partial charge on any atom is -0.494 e. The van der Waals surface area contributed by atoms with Crippen LogP contribution in [-0.4, -0.2) is 60.0 Å². The Bertz CT molecular complexity index is 1030. The monoisotopic (exact) mass is 433 g/mol. The molecule has 1 atom stereocenters. The Kier molecular flexibility index (Phi) is 7.15. The van der Waals surface area contributed by atoms with E-state index in [-0.39, 0.29) is 11.8 Å². The van der Waals surface area contributed by atoms with Crippen molar-refractivity contribution in [2.45, 2.75) is 39.5 Å². The minimum atomic E-state index is 0.00300. The Labute approximate surface area is 191 Å². The number of rotatable bonds is 8. The van der Waals surface area contributed by atoms with Gasteiger partial charge in [0.2, 0.25) is 5.91 Å². The first kappa shape index (κ1) is 22.4. The van der Waals surface area contributed by atoms with Gasteiger partial charge in [-0.3, -0.25) is 4.79 Å². The highest BCUT2D eigenvalue weighted by molar-refractivity contribution is 5.88. The zero-order valence-corrected chi connectivity index (χ0v) is 19.6. The van der Waals surface area contributed by atoms with E-state index < -0.39 is 0 Å². The van der Waals surface area contributed by atoms with Gasteiger partial charge in [-0.25, -0.2) is 0 Å². The van der Waals surface area contributed by atoms with Crippen molar-refractivity contribution in [3.05, 3.63) is 65.4 Å². The summed E-state index contributed by atoms with van der Waals surface area (Å²) < 4.78 is 5.64. The summed E-state index contributed by atoms with van der Waals surface area (Å²) in [5.74, 6) is 1.10. The summed E-state index contributed by atoms with van der Waals surface area (Å²) in [5, 5.41) is 1.21. The first-order chi connectivity index (χ1) is 15.6. The van der Waals surface area contributed by atoms with Crippen molar-refractivity contribution in [2.24, 2.45) is 0 Å². The lowest BCUT2D eigenvalue weighted by Gasteiger charge is -2.34. The van der Waals surface area contributed by atoms with E-state index in [1.54, 1.807) is 0 Å². The van der Waals surface area contributed by atoms with Crippen LogP contribution < -0.4 is 4.74 Å². The van der Waals surface area contributed by atoms with E-state index in [1.165, 1.54) is 22.0 Å². The van der Waals surface area contributed by atoms with Crippen molar-refractivity contribution < 1.29 is 9.53 Å². The number of benzene rings is 2. The quantitative estimate of drug-likeness (QED) is 0.554. The van der Waals surface area contributed by atoms with Gasteiger partial charge in [-0.15, -0.1) is 0 Å². The van der Waals surface area contributed by atoms with Crippen molar-refractivity contribution in [1.29, 1.82) is 0 Å². The molecule has 1 aliphatic rings. The number of ether oxygens (including phenoxy) is 1. The summed E-state index contributed by atoms with van der Waals surface area (Å²) in [6, 6.07) is 14.7. The Balaban J connectivity index is 1.65. The SMILES string of the molecule is CCOc1ccc([C@@H](CC(=O)N2CCN(CC)CC2)c2c[nH]c3c(CC)cccc23)cc1. The van der Waals surface area contributed by atoms with Gasteiger partial charge in [0.1, 0.15) is 5.75 Å². The van der Waals surface area contributed by atoms with Crippen LogP contribution in [-0.2, 0) is 11.2 Å². The van der Waals surface area contributed by atoms with Crippen molar-refractivity contribution >= 4 is 16.8 Å².